The van der Waals surface area contributed by atoms with Crippen molar-refractivity contribution in [2.24, 2.45) is 0 Å². The lowest BCUT2D eigenvalue weighted by atomic mass is 10.5. The van der Waals surface area contributed by atoms with Gasteiger partial charge in [0, 0.05) is 18.9 Å². The highest BCUT2D eigenvalue weighted by molar-refractivity contribution is 5.59. The lowest BCUT2D eigenvalue weighted by Crippen LogP contribution is -2.42. The van der Waals surface area contributed by atoms with Gasteiger partial charge in [0.2, 0.25) is 6.36 Å². The quantitative estimate of drug-likeness (QED) is 0.280. The molecule has 1 unspecified atom stereocenters. The van der Waals surface area contributed by atoms with Gasteiger partial charge >= 0.3 is 6.16 Å². The second-order valence-corrected chi connectivity index (χ2v) is 3.46. The Hall–Kier alpha value is -1.64. The molecule has 0 aromatic heterocycles. The van der Waals surface area contributed by atoms with E-state index in [4.69, 9.17) is 4.84 Å². The Morgan fingerprint density at radius 2 is 2.00 bits per heavy atom. The van der Waals surface area contributed by atoms with E-state index >= 15 is 0 Å². The van der Waals surface area contributed by atoms with Crippen molar-refractivity contribution < 1.29 is 28.5 Å². The van der Waals surface area contributed by atoms with Crippen molar-refractivity contribution in [2.75, 3.05) is 26.3 Å². The molecule has 19 heavy (non-hydrogen) atoms. The lowest BCUT2D eigenvalue weighted by molar-refractivity contribution is -0.788. The predicted molar refractivity (Wildman–Crippen MR) is 63.3 cm³/mol. The number of nitroso groups, excluding NO2 is 1. The zero-order valence-corrected chi connectivity index (χ0v) is 11.4. The number of hydrogen-bond donors (Lipinski definition) is 1. The molecular formula is C10H21FN3O5+. The molecular weight excluding hydrogens is 261 g/mol. The van der Waals surface area contributed by atoms with Crippen LogP contribution in [0.3, 0.4) is 0 Å². The molecule has 0 aliphatic rings. The molecule has 0 saturated carbocycles. The van der Waals surface area contributed by atoms with Crippen LogP contribution in [0.1, 0.15) is 27.2 Å². The minimum absolute atomic E-state index is 0.0113. The lowest BCUT2D eigenvalue weighted by Gasteiger charge is -2.09. The summed E-state index contributed by atoms with van der Waals surface area (Å²) in [5, 5.41) is 1.47. The Kier molecular flexibility index (Phi) is 9.41. The van der Waals surface area contributed by atoms with Crippen LogP contribution in [0, 0.1) is 4.91 Å². The van der Waals surface area contributed by atoms with E-state index in [9.17, 15) is 14.1 Å². The summed E-state index contributed by atoms with van der Waals surface area (Å²) in [6, 6.07) is 0. The summed E-state index contributed by atoms with van der Waals surface area (Å²) >= 11 is 0. The normalized spacial score (nSPS) is 11.6. The fraction of sp³-hybridized carbons (Fsp3) is 0.900. The van der Waals surface area contributed by atoms with E-state index in [-0.39, 0.29) is 13.2 Å². The summed E-state index contributed by atoms with van der Waals surface area (Å²) in [5.41, 5.74) is 2.18. The van der Waals surface area contributed by atoms with Crippen LogP contribution in [-0.4, -0.2) is 48.8 Å². The van der Waals surface area contributed by atoms with Crippen LogP contribution < -0.4 is 5.59 Å². The highest BCUT2D eigenvalue weighted by Gasteiger charge is 2.16. The van der Waals surface area contributed by atoms with Gasteiger partial charge in [-0.25, -0.2) is 14.0 Å². The number of ether oxygens (including phenoxy) is 2. The number of nitrogens with one attached hydrogen (secondary N) is 1. The second-order valence-electron chi connectivity index (χ2n) is 3.46. The molecule has 0 radical (unpaired) electrons. The summed E-state index contributed by atoms with van der Waals surface area (Å²) in [5.74, 6) is 0. The van der Waals surface area contributed by atoms with E-state index in [0.29, 0.717) is 24.5 Å². The summed E-state index contributed by atoms with van der Waals surface area (Å²) < 4.78 is 20.9. The first-order valence-electron chi connectivity index (χ1n) is 6.08. The van der Waals surface area contributed by atoms with E-state index < -0.39 is 12.5 Å². The van der Waals surface area contributed by atoms with Crippen molar-refractivity contribution >= 4 is 6.16 Å². The molecule has 0 rings (SSSR count). The third-order valence-corrected chi connectivity index (χ3v) is 2.00. The van der Waals surface area contributed by atoms with Gasteiger partial charge in [-0.15, -0.1) is 5.01 Å². The monoisotopic (exact) mass is 282 g/mol. The molecule has 0 aromatic rings. The Balaban J connectivity index is 3.50. The van der Waals surface area contributed by atoms with Crippen LogP contribution in [0.4, 0.5) is 9.18 Å². The number of carbonyl (C=O) groups excluding carboxylic acids is 1. The average Bonchev–Trinajstić information content (AvgIpc) is 2.34. The topological polar surface area (TPSA) is 80.1 Å². The molecule has 0 aliphatic carbocycles. The molecule has 112 valence electrons. The van der Waals surface area contributed by atoms with Crippen molar-refractivity contribution in [3.05, 3.63) is 4.91 Å². The van der Waals surface area contributed by atoms with E-state index in [1.54, 1.807) is 0 Å². The summed E-state index contributed by atoms with van der Waals surface area (Å²) in [6.45, 7) is 6.00. The van der Waals surface area contributed by atoms with E-state index in [2.05, 4.69) is 15.1 Å². The summed E-state index contributed by atoms with van der Waals surface area (Å²) in [7, 11) is 0. The molecule has 0 heterocycles. The van der Waals surface area contributed by atoms with Crippen LogP contribution in [-0.2, 0) is 14.3 Å². The number of hydrazine groups is 2. The molecule has 0 saturated heterocycles. The van der Waals surface area contributed by atoms with Gasteiger partial charge < -0.3 is 9.47 Å². The number of carbonyl (C=O) groups is 1. The molecule has 0 bridgehead atoms. The largest absolute Gasteiger partial charge is 0.510 e. The van der Waals surface area contributed by atoms with Gasteiger partial charge in [0.1, 0.15) is 0 Å². The second kappa shape index (κ2) is 10.3. The van der Waals surface area contributed by atoms with Gasteiger partial charge in [-0.05, 0) is 13.8 Å². The smallest absolute Gasteiger partial charge is 0.434 e. The maximum atomic E-state index is 12.2. The fourth-order valence-electron chi connectivity index (χ4n) is 1.09. The van der Waals surface area contributed by atoms with E-state index in [0.717, 1.165) is 6.92 Å². The van der Waals surface area contributed by atoms with Gasteiger partial charge in [-0.2, -0.15) is 0 Å². The van der Waals surface area contributed by atoms with Crippen molar-refractivity contribution in [1.29, 1.82) is 0 Å². The number of halogens is 1. The first-order valence-corrected chi connectivity index (χ1v) is 6.08. The Labute approximate surface area is 111 Å². The molecule has 1 N–H and O–H groups in total. The molecule has 0 spiro atoms. The van der Waals surface area contributed by atoms with Gasteiger partial charge in [0.25, 0.3) is 4.98 Å². The minimum atomic E-state index is -1.70. The number of alkyl halides is 1. The number of rotatable bonds is 10. The van der Waals surface area contributed by atoms with E-state index in [1.807, 2.05) is 13.8 Å². The molecule has 0 aliphatic heterocycles. The zero-order chi connectivity index (χ0) is 14.7. The van der Waals surface area contributed by atoms with Crippen LogP contribution >= 0.6 is 0 Å². The average molecular weight is 282 g/mol. The Morgan fingerprint density at radius 3 is 2.53 bits per heavy atom. The molecule has 8 nitrogen and oxygen atoms in total. The molecule has 0 aromatic carbocycles. The third kappa shape index (κ3) is 9.00. The molecule has 9 heteroatoms. The highest BCUT2D eigenvalue weighted by Crippen LogP contribution is 1.95. The van der Waals surface area contributed by atoms with Crippen LogP contribution in [0.5, 0.6) is 0 Å². The van der Waals surface area contributed by atoms with Gasteiger partial charge in [0.05, 0.1) is 31.2 Å². The first kappa shape index (κ1) is 17.4. The Bertz CT molecular complexity index is 274. The van der Waals surface area contributed by atoms with Crippen molar-refractivity contribution in [3.8, 4) is 0 Å². The maximum absolute atomic E-state index is 12.2. The SMILES string of the molecule is CCN(CC)[N+](=O)NOCCCOC(=O)OC(C)F. The standard InChI is InChI=1S/C10H21FN3O5/c1-4-13(5-2)14(16)12-18-8-6-7-17-10(15)19-9(3)11/h9H,4-8H2,1-3H3,(H,12,16)/q+1. The summed E-state index contributed by atoms with van der Waals surface area (Å²) in [4.78, 5) is 27.4. The van der Waals surface area contributed by atoms with Gasteiger partial charge in [0.15, 0.2) is 0 Å². The zero-order valence-electron chi connectivity index (χ0n) is 11.4. The van der Waals surface area contributed by atoms with Crippen molar-refractivity contribution in [3.63, 3.8) is 0 Å². The van der Waals surface area contributed by atoms with Crippen LogP contribution in [0.2, 0.25) is 0 Å². The minimum Gasteiger partial charge on any atom is -0.434 e. The molecule has 1 atom stereocenters. The van der Waals surface area contributed by atoms with Crippen molar-refractivity contribution in [1.82, 2.24) is 10.6 Å². The third-order valence-electron chi connectivity index (χ3n) is 2.00. The highest BCUT2D eigenvalue weighted by atomic mass is 19.1. The molecule has 0 amide bonds. The van der Waals surface area contributed by atoms with Gasteiger partial charge in [-0.3, -0.25) is 0 Å². The van der Waals surface area contributed by atoms with E-state index in [1.165, 1.54) is 5.01 Å². The van der Waals surface area contributed by atoms with Crippen LogP contribution in [0.25, 0.3) is 0 Å². The first-order chi connectivity index (χ1) is 9.01. The van der Waals surface area contributed by atoms with Crippen molar-refractivity contribution in [2.45, 2.75) is 33.5 Å². The molecule has 0 fully saturated rings. The number of nitrogens with zero attached hydrogens (tertiary/aromatic N) is 2. The summed E-state index contributed by atoms with van der Waals surface area (Å²) in [6.07, 6.45) is -2.43. The maximum Gasteiger partial charge on any atom is 0.510 e. The van der Waals surface area contributed by atoms with Crippen LogP contribution in [0.15, 0.2) is 0 Å². The Morgan fingerprint density at radius 1 is 1.37 bits per heavy atom. The fourth-order valence-corrected chi connectivity index (χ4v) is 1.09. The predicted octanol–water partition coefficient (Wildman–Crippen LogP) is 1.32. The number of hydrogen-bond acceptors (Lipinski definition) is 5. The van der Waals surface area contributed by atoms with Gasteiger partial charge in [-0.1, -0.05) is 0 Å².